The third kappa shape index (κ3) is 4.15. The molecule has 0 amide bonds. The summed E-state index contributed by atoms with van der Waals surface area (Å²) in [5.74, 6) is -0.474. The summed E-state index contributed by atoms with van der Waals surface area (Å²) < 4.78 is 28.6. The Morgan fingerprint density at radius 2 is 1.58 bits per heavy atom. The summed E-state index contributed by atoms with van der Waals surface area (Å²) in [6.07, 6.45) is 0. The minimum Gasteiger partial charge on any atom is -0.242 e. The van der Waals surface area contributed by atoms with Crippen LogP contribution >= 0.6 is 23.2 Å². The number of benzene rings is 1. The van der Waals surface area contributed by atoms with E-state index in [1.807, 2.05) is 20.8 Å². The molecule has 1 unspecified atom stereocenters. The molecule has 108 valence electrons. The molecule has 1 N–H and O–H groups in total. The van der Waals surface area contributed by atoms with E-state index in [1.54, 1.807) is 13.8 Å². The fraction of sp³-hybridized carbons (Fsp3) is 0.538. The maximum absolute atomic E-state index is 14.0. The summed E-state index contributed by atoms with van der Waals surface area (Å²) in [6, 6.07) is 2.63. The first-order valence-corrected chi connectivity index (χ1v) is 7.70. The minimum atomic E-state index is -1.32. The van der Waals surface area contributed by atoms with Gasteiger partial charge in [-0.1, -0.05) is 23.2 Å². The highest BCUT2D eigenvalue weighted by Gasteiger charge is 2.31. The smallest absolute Gasteiger partial charge is 0.129 e. The molecule has 0 spiro atoms. The zero-order valence-electron chi connectivity index (χ0n) is 11.6. The van der Waals surface area contributed by atoms with Gasteiger partial charge >= 0.3 is 0 Å². The molecule has 1 atom stereocenters. The molecule has 0 aromatic heterocycles. The van der Waals surface area contributed by atoms with Gasteiger partial charge in [0.15, 0.2) is 0 Å². The lowest BCUT2D eigenvalue weighted by Crippen LogP contribution is -2.44. The molecule has 0 bridgehead atoms. The van der Waals surface area contributed by atoms with Crippen molar-refractivity contribution in [2.45, 2.75) is 44.9 Å². The van der Waals surface area contributed by atoms with Crippen molar-refractivity contribution in [2.24, 2.45) is 0 Å². The molecule has 0 saturated carbocycles. The van der Waals surface area contributed by atoms with Crippen LogP contribution in [0.3, 0.4) is 0 Å². The summed E-state index contributed by atoms with van der Waals surface area (Å²) in [7, 11) is -1.32. The van der Waals surface area contributed by atoms with Crippen molar-refractivity contribution in [1.82, 2.24) is 4.72 Å². The average Bonchev–Trinajstić information content (AvgIpc) is 2.21. The molecule has 1 aromatic rings. The van der Waals surface area contributed by atoms with Crippen molar-refractivity contribution < 1.29 is 8.60 Å². The van der Waals surface area contributed by atoms with Crippen LogP contribution in [0.15, 0.2) is 12.1 Å². The molecular formula is C13H18Cl2FNOS. The van der Waals surface area contributed by atoms with E-state index in [4.69, 9.17) is 23.2 Å². The highest BCUT2D eigenvalue weighted by atomic mass is 35.5. The van der Waals surface area contributed by atoms with Gasteiger partial charge in [0.2, 0.25) is 0 Å². The maximum Gasteiger partial charge on any atom is 0.129 e. The normalized spacial score (nSPS) is 14.5. The van der Waals surface area contributed by atoms with Crippen LogP contribution in [0.5, 0.6) is 0 Å². The zero-order chi connectivity index (χ0) is 15.0. The number of hydrogen-bond acceptors (Lipinski definition) is 1. The topological polar surface area (TPSA) is 29.1 Å². The van der Waals surface area contributed by atoms with Gasteiger partial charge in [-0.05, 0) is 46.8 Å². The van der Waals surface area contributed by atoms with Crippen LogP contribution in [0.1, 0.15) is 40.2 Å². The standard InChI is InChI=1S/C13H18Cl2FNOS/c1-12(2,3)19(18)17-13(4,5)8-6-9(14)10(15)7-11(8)16/h6-7,17H,1-5H3. The predicted molar refractivity (Wildman–Crippen MR) is 80.5 cm³/mol. The quantitative estimate of drug-likeness (QED) is 0.819. The lowest BCUT2D eigenvalue weighted by atomic mass is 9.95. The molecule has 0 saturated heterocycles. The van der Waals surface area contributed by atoms with Crippen molar-refractivity contribution in [3.05, 3.63) is 33.6 Å². The highest BCUT2D eigenvalue weighted by Crippen LogP contribution is 2.32. The zero-order valence-corrected chi connectivity index (χ0v) is 13.9. The van der Waals surface area contributed by atoms with Crippen LogP contribution in [-0.2, 0) is 16.5 Å². The van der Waals surface area contributed by atoms with Crippen LogP contribution in [0.4, 0.5) is 4.39 Å². The minimum absolute atomic E-state index is 0.163. The van der Waals surface area contributed by atoms with Gasteiger partial charge in [0.05, 0.1) is 31.3 Å². The molecule has 0 aliphatic heterocycles. The van der Waals surface area contributed by atoms with E-state index in [2.05, 4.69) is 4.72 Å². The van der Waals surface area contributed by atoms with Gasteiger partial charge in [0.1, 0.15) is 5.82 Å². The predicted octanol–water partition coefficient (Wildman–Crippen LogP) is 4.42. The van der Waals surface area contributed by atoms with Crippen molar-refractivity contribution >= 4 is 34.2 Å². The van der Waals surface area contributed by atoms with Gasteiger partial charge in [-0.15, -0.1) is 0 Å². The van der Waals surface area contributed by atoms with E-state index in [1.165, 1.54) is 12.1 Å². The molecule has 1 rings (SSSR count). The first kappa shape index (κ1) is 16.9. The summed E-state index contributed by atoms with van der Waals surface area (Å²) in [4.78, 5) is 0. The Kier molecular flexibility index (Phi) is 5.05. The van der Waals surface area contributed by atoms with E-state index < -0.39 is 27.1 Å². The highest BCUT2D eigenvalue weighted by molar-refractivity contribution is 7.84. The lowest BCUT2D eigenvalue weighted by Gasteiger charge is -2.30. The molecule has 0 aliphatic carbocycles. The first-order valence-electron chi connectivity index (χ1n) is 5.80. The monoisotopic (exact) mass is 325 g/mol. The lowest BCUT2D eigenvalue weighted by molar-refractivity contribution is 0.456. The molecular weight excluding hydrogens is 308 g/mol. The van der Waals surface area contributed by atoms with Crippen molar-refractivity contribution in [1.29, 1.82) is 0 Å². The fourth-order valence-corrected chi connectivity index (χ4v) is 2.63. The third-order valence-electron chi connectivity index (χ3n) is 2.59. The summed E-state index contributed by atoms with van der Waals surface area (Å²) >= 11 is 11.7. The van der Waals surface area contributed by atoms with Gasteiger partial charge in [0, 0.05) is 5.56 Å². The molecule has 6 heteroatoms. The van der Waals surface area contributed by atoms with Gasteiger partial charge < -0.3 is 0 Å². The van der Waals surface area contributed by atoms with E-state index in [0.29, 0.717) is 5.56 Å². The summed E-state index contributed by atoms with van der Waals surface area (Å²) in [6.45, 7) is 9.03. The summed E-state index contributed by atoms with van der Waals surface area (Å²) in [5, 5.41) is 0.435. The van der Waals surface area contributed by atoms with Crippen molar-refractivity contribution in [3.8, 4) is 0 Å². The van der Waals surface area contributed by atoms with Crippen LogP contribution in [-0.4, -0.2) is 8.96 Å². The second-order valence-electron chi connectivity index (χ2n) is 5.85. The number of rotatable bonds is 3. The maximum atomic E-state index is 14.0. The van der Waals surface area contributed by atoms with Gasteiger partial charge in [-0.2, -0.15) is 0 Å². The van der Waals surface area contributed by atoms with Crippen molar-refractivity contribution in [3.63, 3.8) is 0 Å². The van der Waals surface area contributed by atoms with Crippen molar-refractivity contribution in [2.75, 3.05) is 0 Å². The molecule has 2 nitrogen and oxygen atoms in total. The van der Waals surface area contributed by atoms with E-state index in [0.717, 1.165) is 0 Å². The molecule has 0 heterocycles. The van der Waals surface area contributed by atoms with Gasteiger partial charge in [0.25, 0.3) is 0 Å². The summed E-state index contributed by atoms with van der Waals surface area (Å²) in [5.41, 5.74) is -0.490. The number of hydrogen-bond donors (Lipinski definition) is 1. The Hall–Kier alpha value is -0.160. The van der Waals surface area contributed by atoms with E-state index >= 15 is 0 Å². The van der Waals surface area contributed by atoms with E-state index in [9.17, 15) is 8.60 Å². The molecule has 0 aliphatic rings. The van der Waals surface area contributed by atoms with Crippen LogP contribution in [0.25, 0.3) is 0 Å². The Bertz CT molecular complexity index is 512. The molecule has 19 heavy (non-hydrogen) atoms. The second kappa shape index (κ2) is 5.68. The first-order chi connectivity index (χ1) is 8.45. The van der Waals surface area contributed by atoms with Crippen LogP contribution < -0.4 is 4.72 Å². The Morgan fingerprint density at radius 1 is 1.11 bits per heavy atom. The average molecular weight is 326 g/mol. The van der Waals surface area contributed by atoms with E-state index in [-0.39, 0.29) is 10.0 Å². The van der Waals surface area contributed by atoms with Crippen LogP contribution in [0, 0.1) is 5.82 Å². The number of nitrogens with one attached hydrogen (secondary N) is 1. The Morgan fingerprint density at radius 3 is 2.05 bits per heavy atom. The fourth-order valence-electron chi connectivity index (χ4n) is 1.44. The third-order valence-corrected chi connectivity index (χ3v) is 5.12. The molecule has 0 fully saturated rings. The second-order valence-corrected chi connectivity index (χ2v) is 8.64. The van der Waals surface area contributed by atoms with Crippen LogP contribution in [0.2, 0.25) is 10.0 Å². The van der Waals surface area contributed by atoms with Gasteiger partial charge in [-0.3, -0.25) is 0 Å². The molecule has 1 aromatic carbocycles. The number of halogens is 3. The SMILES string of the molecule is CC(C)(NS(=O)C(C)(C)C)c1cc(Cl)c(Cl)cc1F. The Labute approximate surface area is 126 Å². The largest absolute Gasteiger partial charge is 0.242 e. The molecule has 0 radical (unpaired) electrons. The van der Waals surface area contributed by atoms with Gasteiger partial charge in [-0.25, -0.2) is 13.3 Å². The Balaban J connectivity index is 3.14.